The third kappa shape index (κ3) is 5.12. The number of piperidine rings is 1. The minimum atomic E-state index is -0.339. The fourth-order valence-electron chi connectivity index (χ4n) is 3.26. The summed E-state index contributed by atoms with van der Waals surface area (Å²) in [6.07, 6.45) is 7.36. The summed E-state index contributed by atoms with van der Waals surface area (Å²) in [7, 11) is 0. The molecule has 0 amide bonds. The lowest BCUT2D eigenvalue weighted by Gasteiger charge is -2.39. The molecule has 110 valence electrons. The van der Waals surface area contributed by atoms with Gasteiger partial charge in [-0.15, -0.1) is 0 Å². The van der Waals surface area contributed by atoms with Crippen LogP contribution in [0.15, 0.2) is 0 Å². The van der Waals surface area contributed by atoms with Crippen molar-refractivity contribution in [1.29, 1.82) is 5.26 Å². The molecule has 1 N–H and O–H groups in total. The SMILES string of the molecule is CCNC(C)(C#N)CCCCN1C(C)CCCC1C. The first-order valence-corrected chi connectivity index (χ1v) is 7.94. The highest BCUT2D eigenvalue weighted by Gasteiger charge is 2.25. The Morgan fingerprint density at radius 2 is 1.89 bits per heavy atom. The molecule has 0 bridgehead atoms. The van der Waals surface area contributed by atoms with Crippen LogP contribution in [0, 0.1) is 11.3 Å². The van der Waals surface area contributed by atoms with Gasteiger partial charge in [0.05, 0.1) is 6.07 Å². The summed E-state index contributed by atoms with van der Waals surface area (Å²) in [6, 6.07) is 3.88. The zero-order valence-electron chi connectivity index (χ0n) is 13.2. The largest absolute Gasteiger partial charge is 0.300 e. The van der Waals surface area contributed by atoms with Crippen molar-refractivity contribution in [2.75, 3.05) is 13.1 Å². The summed E-state index contributed by atoms with van der Waals surface area (Å²) in [5.41, 5.74) is -0.339. The van der Waals surface area contributed by atoms with Crippen molar-refractivity contribution in [2.24, 2.45) is 0 Å². The van der Waals surface area contributed by atoms with Gasteiger partial charge in [0, 0.05) is 12.1 Å². The van der Waals surface area contributed by atoms with Gasteiger partial charge in [-0.25, -0.2) is 0 Å². The Labute approximate surface area is 119 Å². The quantitative estimate of drug-likeness (QED) is 0.718. The highest BCUT2D eigenvalue weighted by molar-refractivity contribution is 5.03. The fraction of sp³-hybridized carbons (Fsp3) is 0.938. The van der Waals surface area contributed by atoms with Gasteiger partial charge in [-0.05, 0) is 66.0 Å². The van der Waals surface area contributed by atoms with Gasteiger partial charge in [0.15, 0.2) is 0 Å². The van der Waals surface area contributed by atoms with Crippen LogP contribution in [0.5, 0.6) is 0 Å². The lowest BCUT2D eigenvalue weighted by atomic mass is 9.94. The van der Waals surface area contributed by atoms with Gasteiger partial charge in [-0.2, -0.15) is 5.26 Å². The van der Waals surface area contributed by atoms with Gasteiger partial charge in [0.1, 0.15) is 5.54 Å². The van der Waals surface area contributed by atoms with Crippen molar-refractivity contribution >= 4 is 0 Å². The van der Waals surface area contributed by atoms with E-state index in [1.165, 1.54) is 32.2 Å². The molecule has 1 rings (SSSR count). The zero-order valence-corrected chi connectivity index (χ0v) is 13.2. The van der Waals surface area contributed by atoms with Crippen LogP contribution in [0.2, 0.25) is 0 Å². The fourth-order valence-corrected chi connectivity index (χ4v) is 3.26. The summed E-state index contributed by atoms with van der Waals surface area (Å²) in [4.78, 5) is 2.65. The van der Waals surface area contributed by atoms with E-state index in [0.717, 1.165) is 31.5 Å². The minimum Gasteiger partial charge on any atom is -0.300 e. The molecular formula is C16H31N3. The van der Waals surface area contributed by atoms with Crippen LogP contribution >= 0.6 is 0 Å². The van der Waals surface area contributed by atoms with Crippen LogP contribution < -0.4 is 5.32 Å². The monoisotopic (exact) mass is 265 g/mol. The standard InChI is InChI=1S/C16H31N3/c1-5-18-16(4,13-17)11-6-7-12-19-14(2)9-8-10-15(19)3/h14-15,18H,5-12H2,1-4H3. The molecule has 1 aliphatic rings. The molecule has 0 aromatic carbocycles. The Morgan fingerprint density at radius 3 is 2.42 bits per heavy atom. The third-order valence-corrected chi connectivity index (χ3v) is 4.53. The summed E-state index contributed by atoms with van der Waals surface area (Å²) in [5, 5.41) is 12.5. The Balaban J connectivity index is 2.28. The van der Waals surface area contributed by atoms with Gasteiger partial charge in [0.25, 0.3) is 0 Å². The minimum absolute atomic E-state index is 0.339. The van der Waals surface area contributed by atoms with Gasteiger partial charge in [-0.3, -0.25) is 10.2 Å². The number of nitrogens with one attached hydrogen (secondary N) is 1. The molecule has 0 aromatic heterocycles. The topological polar surface area (TPSA) is 39.1 Å². The van der Waals surface area contributed by atoms with Crippen LogP contribution in [0.1, 0.15) is 66.2 Å². The molecule has 0 saturated carbocycles. The first-order valence-electron chi connectivity index (χ1n) is 7.94. The molecule has 1 aliphatic heterocycles. The van der Waals surface area contributed by atoms with E-state index < -0.39 is 0 Å². The first-order chi connectivity index (χ1) is 9.02. The van der Waals surface area contributed by atoms with Gasteiger partial charge < -0.3 is 0 Å². The predicted octanol–water partition coefficient (Wildman–Crippen LogP) is 3.31. The van der Waals surface area contributed by atoms with E-state index in [0.29, 0.717) is 0 Å². The number of hydrogen-bond acceptors (Lipinski definition) is 3. The second kappa shape index (κ2) is 7.87. The second-order valence-corrected chi connectivity index (χ2v) is 6.30. The molecule has 0 radical (unpaired) electrons. The normalized spacial score (nSPS) is 27.7. The Bertz CT molecular complexity index is 287. The molecule has 1 heterocycles. The van der Waals surface area contributed by atoms with Crippen molar-refractivity contribution < 1.29 is 0 Å². The van der Waals surface area contributed by atoms with Gasteiger partial charge in [0.2, 0.25) is 0 Å². The number of hydrogen-bond donors (Lipinski definition) is 1. The van der Waals surface area contributed by atoms with Gasteiger partial charge >= 0.3 is 0 Å². The van der Waals surface area contributed by atoms with E-state index in [9.17, 15) is 5.26 Å². The smallest absolute Gasteiger partial charge is 0.103 e. The average molecular weight is 265 g/mol. The summed E-state index contributed by atoms with van der Waals surface area (Å²) < 4.78 is 0. The zero-order chi connectivity index (χ0) is 14.3. The van der Waals surface area contributed by atoms with Crippen LogP contribution in [-0.2, 0) is 0 Å². The maximum absolute atomic E-state index is 9.23. The average Bonchev–Trinajstić information content (AvgIpc) is 2.38. The number of nitriles is 1. The Hall–Kier alpha value is -0.590. The van der Waals surface area contributed by atoms with Crippen LogP contribution in [-0.4, -0.2) is 35.6 Å². The summed E-state index contributed by atoms with van der Waals surface area (Å²) in [5.74, 6) is 0. The van der Waals surface area contributed by atoms with Crippen LogP contribution in [0.25, 0.3) is 0 Å². The van der Waals surface area contributed by atoms with E-state index in [1.54, 1.807) is 0 Å². The number of unbranched alkanes of at least 4 members (excludes halogenated alkanes) is 1. The first kappa shape index (κ1) is 16.5. The molecule has 1 saturated heterocycles. The van der Waals surface area contributed by atoms with E-state index in [1.807, 2.05) is 6.92 Å². The van der Waals surface area contributed by atoms with Crippen LogP contribution in [0.4, 0.5) is 0 Å². The molecule has 3 heteroatoms. The van der Waals surface area contributed by atoms with Crippen molar-refractivity contribution in [3.63, 3.8) is 0 Å². The van der Waals surface area contributed by atoms with E-state index in [4.69, 9.17) is 0 Å². The number of likely N-dealkylation sites (tertiary alicyclic amines) is 1. The summed E-state index contributed by atoms with van der Waals surface area (Å²) >= 11 is 0. The summed E-state index contributed by atoms with van der Waals surface area (Å²) in [6.45, 7) is 10.8. The van der Waals surface area contributed by atoms with Crippen molar-refractivity contribution in [1.82, 2.24) is 10.2 Å². The maximum Gasteiger partial charge on any atom is 0.103 e. The van der Waals surface area contributed by atoms with E-state index in [2.05, 4.69) is 37.1 Å². The molecule has 1 fully saturated rings. The van der Waals surface area contributed by atoms with Crippen molar-refractivity contribution in [2.45, 2.75) is 83.8 Å². The number of rotatable bonds is 7. The number of nitrogens with zero attached hydrogens (tertiary/aromatic N) is 2. The van der Waals surface area contributed by atoms with Crippen molar-refractivity contribution in [3.05, 3.63) is 0 Å². The Morgan fingerprint density at radius 1 is 1.26 bits per heavy atom. The van der Waals surface area contributed by atoms with Crippen molar-refractivity contribution in [3.8, 4) is 6.07 Å². The highest BCUT2D eigenvalue weighted by Crippen LogP contribution is 2.23. The molecule has 0 aromatic rings. The van der Waals surface area contributed by atoms with E-state index >= 15 is 0 Å². The Kier molecular flexibility index (Phi) is 6.82. The van der Waals surface area contributed by atoms with Gasteiger partial charge in [-0.1, -0.05) is 13.3 Å². The lowest BCUT2D eigenvalue weighted by Crippen LogP contribution is -2.44. The highest BCUT2D eigenvalue weighted by atomic mass is 15.2. The molecule has 0 aliphatic carbocycles. The predicted molar refractivity (Wildman–Crippen MR) is 81.0 cm³/mol. The second-order valence-electron chi connectivity index (χ2n) is 6.30. The molecule has 19 heavy (non-hydrogen) atoms. The maximum atomic E-state index is 9.23. The molecule has 3 nitrogen and oxygen atoms in total. The molecular weight excluding hydrogens is 234 g/mol. The molecule has 0 spiro atoms. The third-order valence-electron chi connectivity index (χ3n) is 4.53. The molecule has 3 unspecified atom stereocenters. The van der Waals surface area contributed by atoms with Crippen LogP contribution in [0.3, 0.4) is 0 Å². The lowest BCUT2D eigenvalue weighted by molar-refractivity contribution is 0.101. The van der Waals surface area contributed by atoms with E-state index in [-0.39, 0.29) is 5.54 Å². The molecule has 3 atom stereocenters.